The zero-order valence-electron chi connectivity index (χ0n) is 8.56. The lowest BCUT2D eigenvalue weighted by molar-refractivity contribution is 0.145. The molecule has 0 radical (unpaired) electrons. The van der Waals surface area contributed by atoms with Gasteiger partial charge in [-0.25, -0.2) is 0 Å². The van der Waals surface area contributed by atoms with Crippen molar-refractivity contribution in [2.45, 2.75) is 26.7 Å². The van der Waals surface area contributed by atoms with E-state index in [1.165, 1.54) is 0 Å². The van der Waals surface area contributed by atoms with Gasteiger partial charge in [0.05, 0.1) is 0 Å². The van der Waals surface area contributed by atoms with Crippen LogP contribution in [0.5, 0.6) is 0 Å². The van der Waals surface area contributed by atoms with Crippen LogP contribution in [0, 0.1) is 0 Å². The van der Waals surface area contributed by atoms with Crippen molar-refractivity contribution in [2.75, 3.05) is 26.3 Å². The zero-order valence-corrected chi connectivity index (χ0v) is 9.38. The summed E-state index contributed by atoms with van der Waals surface area (Å²) in [7, 11) is 0. The van der Waals surface area contributed by atoms with Gasteiger partial charge in [-0.05, 0) is 32.0 Å². The number of nitrogens with one attached hydrogen (secondary N) is 2. The van der Waals surface area contributed by atoms with Crippen molar-refractivity contribution in [2.24, 2.45) is 0 Å². The van der Waals surface area contributed by atoms with Crippen LogP contribution < -0.4 is 10.6 Å². The second-order valence-corrected chi connectivity index (χ2v) is 3.14. The molecule has 0 rings (SSSR count). The van der Waals surface area contributed by atoms with Crippen LogP contribution >= 0.6 is 12.2 Å². The number of rotatable bonds is 7. The smallest absolute Gasteiger partial charge is 0.166 e. The monoisotopic (exact) mass is 204 g/mol. The van der Waals surface area contributed by atoms with Crippen LogP contribution in [0.1, 0.15) is 26.7 Å². The lowest BCUT2D eigenvalue weighted by Gasteiger charge is -2.08. The Hall–Kier alpha value is -0.350. The number of hydrogen-bond acceptors (Lipinski definition) is 2. The highest BCUT2D eigenvalue weighted by atomic mass is 32.1. The van der Waals surface area contributed by atoms with Gasteiger partial charge in [-0.3, -0.25) is 0 Å². The molecule has 0 aromatic carbocycles. The topological polar surface area (TPSA) is 33.3 Å². The molecule has 0 aromatic rings. The molecule has 0 aliphatic rings. The Bertz CT molecular complexity index is 131. The standard InChI is InChI=1S/C9H20N2OS/c1-3-6-10-9(13)11-7-5-8-12-4-2/h3-8H2,1-2H3,(H2,10,11,13). The average Bonchev–Trinajstić information content (AvgIpc) is 2.14. The molecule has 0 fully saturated rings. The molecule has 0 saturated carbocycles. The van der Waals surface area contributed by atoms with Gasteiger partial charge in [0, 0.05) is 26.3 Å². The fourth-order valence-electron chi connectivity index (χ4n) is 0.822. The molecule has 0 spiro atoms. The molecule has 0 bridgehead atoms. The van der Waals surface area contributed by atoms with Gasteiger partial charge in [0.15, 0.2) is 5.11 Å². The maximum absolute atomic E-state index is 5.19. The maximum atomic E-state index is 5.19. The number of ether oxygens (including phenoxy) is 1. The van der Waals surface area contributed by atoms with E-state index < -0.39 is 0 Å². The quantitative estimate of drug-likeness (QED) is 0.483. The molecular formula is C9H20N2OS. The minimum absolute atomic E-state index is 0.748. The summed E-state index contributed by atoms with van der Waals surface area (Å²) in [6.45, 7) is 7.54. The van der Waals surface area contributed by atoms with Crippen molar-refractivity contribution in [3.8, 4) is 0 Å². The molecule has 0 aromatic heterocycles. The molecule has 0 amide bonds. The first kappa shape index (κ1) is 12.7. The molecule has 0 heterocycles. The third-order valence-corrected chi connectivity index (χ3v) is 1.78. The molecule has 78 valence electrons. The van der Waals surface area contributed by atoms with Crippen LogP contribution in [0.2, 0.25) is 0 Å². The van der Waals surface area contributed by atoms with Crippen molar-refractivity contribution < 1.29 is 4.74 Å². The summed E-state index contributed by atoms with van der Waals surface area (Å²) in [4.78, 5) is 0. The molecule has 4 heteroatoms. The fourth-order valence-corrected chi connectivity index (χ4v) is 1.03. The molecule has 0 atom stereocenters. The molecule has 13 heavy (non-hydrogen) atoms. The van der Waals surface area contributed by atoms with Crippen LogP contribution in [0.3, 0.4) is 0 Å². The molecule has 3 nitrogen and oxygen atoms in total. The predicted octanol–water partition coefficient (Wildman–Crippen LogP) is 1.29. The van der Waals surface area contributed by atoms with Crippen molar-refractivity contribution in [3.63, 3.8) is 0 Å². The van der Waals surface area contributed by atoms with Crippen LogP contribution in [-0.4, -0.2) is 31.4 Å². The van der Waals surface area contributed by atoms with E-state index >= 15 is 0 Å². The van der Waals surface area contributed by atoms with Gasteiger partial charge in [0.1, 0.15) is 0 Å². The van der Waals surface area contributed by atoms with Gasteiger partial charge in [-0.2, -0.15) is 0 Å². The summed E-state index contributed by atoms with van der Waals surface area (Å²) in [6.07, 6.45) is 2.10. The van der Waals surface area contributed by atoms with Gasteiger partial charge in [0.25, 0.3) is 0 Å². The van der Waals surface area contributed by atoms with Gasteiger partial charge >= 0.3 is 0 Å². The first-order valence-corrected chi connectivity index (χ1v) is 5.31. The Morgan fingerprint density at radius 1 is 1.23 bits per heavy atom. The Labute approximate surface area is 86.2 Å². The van der Waals surface area contributed by atoms with Gasteiger partial charge in [-0.1, -0.05) is 6.92 Å². The van der Waals surface area contributed by atoms with Gasteiger partial charge in [0.2, 0.25) is 0 Å². The first-order chi connectivity index (χ1) is 6.31. The summed E-state index contributed by atoms with van der Waals surface area (Å²) >= 11 is 5.03. The molecule has 0 aliphatic heterocycles. The molecule has 0 aliphatic carbocycles. The zero-order chi connectivity index (χ0) is 9.94. The van der Waals surface area contributed by atoms with Crippen molar-refractivity contribution in [3.05, 3.63) is 0 Å². The first-order valence-electron chi connectivity index (χ1n) is 4.90. The van der Waals surface area contributed by atoms with E-state index in [2.05, 4.69) is 17.6 Å². The Morgan fingerprint density at radius 3 is 2.54 bits per heavy atom. The van der Waals surface area contributed by atoms with Crippen LogP contribution in [-0.2, 0) is 4.74 Å². The number of hydrogen-bond donors (Lipinski definition) is 2. The summed E-state index contributed by atoms with van der Waals surface area (Å²) in [6, 6.07) is 0. The molecule has 0 unspecified atom stereocenters. The van der Waals surface area contributed by atoms with E-state index in [0.717, 1.165) is 44.3 Å². The Balaban J connectivity index is 3.08. The van der Waals surface area contributed by atoms with Crippen molar-refractivity contribution >= 4 is 17.3 Å². The summed E-state index contributed by atoms with van der Waals surface area (Å²) < 4.78 is 5.19. The van der Waals surface area contributed by atoms with E-state index in [0.29, 0.717) is 0 Å². The minimum atomic E-state index is 0.748. The maximum Gasteiger partial charge on any atom is 0.166 e. The van der Waals surface area contributed by atoms with Crippen LogP contribution in [0.4, 0.5) is 0 Å². The second kappa shape index (κ2) is 9.74. The largest absolute Gasteiger partial charge is 0.382 e. The minimum Gasteiger partial charge on any atom is -0.382 e. The highest BCUT2D eigenvalue weighted by Gasteiger charge is 1.92. The van der Waals surface area contributed by atoms with E-state index in [4.69, 9.17) is 17.0 Å². The van der Waals surface area contributed by atoms with E-state index in [1.54, 1.807) is 0 Å². The van der Waals surface area contributed by atoms with E-state index in [1.807, 2.05) is 6.92 Å². The SMILES string of the molecule is CCCNC(=S)NCCCOCC. The summed E-state index contributed by atoms with van der Waals surface area (Å²) in [5.41, 5.74) is 0. The second-order valence-electron chi connectivity index (χ2n) is 2.73. The average molecular weight is 204 g/mol. The van der Waals surface area contributed by atoms with Crippen molar-refractivity contribution in [1.29, 1.82) is 0 Å². The van der Waals surface area contributed by atoms with Gasteiger partial charge in [-0.15, -0.1) is 0 Å². The third kappa shape index (κ3) is 9.56. The predicted molar refractivity (Wildman–Crippen MR) is 60.0 cm³/mol. The van der Waals surface area contributed by atoms with Crippen molar-refractivity contribution in [1.82, 2.24) is 10.6 Å². The molecular weight excluding hydrogens is 184 g/mol. The highest BCUT2D eigenvalue weighted by molar-refractivity contribution is 7.80. The van der Waals surface area contributed by atoms with Gasteiger partial charge < -0.3 is 15.4 Å². The fraction of sp³-hybridized carbons (Fsp3) is 0.889. The summed E-state index contributed by atoms with van der Waals surface area (Å²) in [5, 5.41) is 6.97. The van der Waals surface area contributed by atoms with E-state index in [9.17, 15) is 0 Å². The van der Waals surface area contributed by atoms with E-state index in [-0.39, 0.29) is 0 Å². The normalized spacial score (nSPS) is 9.69. The number of thiocarbonyl (C=S) groups is 1. The molecule has 2 N–H and O–H groups in total. The third-order valence-electron chi connectivity index (χ3n) is 1.49. The van der Waals surface area contributed by atoms with Crippen LogP contribution in [0.15, 0.2) is 0 Å². The Morgan fingerprint density at radius 2 is 1.92 bits per heavy atom. The summed E-state index contributed by atoms with van der Waals surface area (Å²) in [5.74, 6) is 0. The molecule has 0 saturated heterocycles. The Kier molecular flexibility index (Phi) is 9.47. The highest BCUT2D eigenvalue weighted by Crippen LogP contribution is 1.80. The lowest BCUT2D eigenvalue weighted by Crippen LogP contribution is -2.36. The lowest BCUT2D eigenvalue weighted by atomic mass is 10.4. The van der Waals surface area contributed by atoms with Crippen LogP contribution in [0.25, 0.3) is 0 Å².